The molecule has 76 valence electrons. The monoisotopic (exact) mass is 209 g/mol. The number of rotatable bonds is 2. The molecule has 0 saturated heterocycles. The van der Waals surface area contributed by atoms with Crippen molar-refractivity contribution in [2.45, 2.75) is 13.8 Å². The summed E-state index contributed by atoms with van der Waals surface area (Å²) < 4.78 is 5.28. The van der Waals surface area contributed by atoms with Gasteiger partial charge in [0.2, 0.25) is 0 Å². The zero-order chi connectivity index (χ0) is 10.7. The summed E-state index contributed by atoms with van der Waals surface area (Å²) in [6, 6.07) is 4.06. The quantitative estimate of drug-likeness (QED) is 0.755. The zero-order valence-corrected chi connectivity index (χ0v) is 9.79. The first-order valence-electron chi connectivity index (χ1n) is 4.47. The molecule has 2 nitrogen and oxygen atoms in total. The second-order valence-corrected chi connectivity index (χ2v) is 3.62. The molecule has 1 N–H and O–H groups in total. The molecule has 0 aliphatic carbocycles. The van der Waals surface area contributed by atoms with E-state index in [-0.39, 0.29) is 0 Å². The molecule has 0 saturated carbocycles. The number of benzene rings is 1. The lowest BCUT2D eigenvalue weighted by Crippen LogP contribution is -2.17. The molecule has 0 spiro atoms. The van der Waals surface area contributed by atoms with Crippen molar-refractivity contribution in [3.05, 3.63) is 28.8 Å². The molecule has 3 heteroatoms. The first-order valence-corrected chi connectivity index (χ1v) is 4.88. The molecule has 0 radical (unpaired) electrons. The molecule has 14 heavy (non-hydrogen) atoms. The Hall–Kier alpha value is -1.09. The van der Waals surface area contributed by atoms with Gasteiger partial charge in [-0.05, 0) is 37.1 Å². The van der Waals surface area contributed by atoms with Crippen molar-refractivity contribution in [1.29, 1.82) is 0 Å². The van der Waals surface area contributed by atoms with Crippen LogP contribution in [0.2, 0.25) is 0 Å². The Bertz CT molecular complexity index is 361. The molecule has 1 rings (SSSR count). The van der Waals surface area contributed by atoms with Crippen molar-refractivity contribution in [1.82, 2.24) is 5.32 Å². The van der Waals surface area contributed by atoms with Crippen molar-refractivity contribution < 1.29 is 4.74 Å². The van der Waals surface area contributed by atoms with Crippen LogP contribution >= 0.6 is 12.2 Å². The van der Waals surface area contributed by atoms with E-state index in [0.717, 1.165) is 11.3 Å². The number of hydrogen-bond donors (Lipinski definition) is 1. The lowest BCUT2D eigenvalue weighted by molar-refractivity contribution is 0.413. The standard InChI is InChI=1S/C11H15NOS/c1-7-5-9(11(14)12-3)10(13-4)6-8(7)2/h5-6H,1-4H3,(H,12,14). The average Bonchev–Trinajstić information content (AvgIpc) is 2.20. The lowest BCUT2D eigenvalue weighted by atomic mass is 10.0. The molecule has 0 aromatic heterocycles. The van der Waals surface area contributed by atoms with Crippen molar-refractivity contribution in [3.8, 4) is 5.75 Å². The van der Waals surface area contributed by atoms with Gasteiger partial charge in [-0.3, -0.25) is 0 Å². The van der Waals surface area contributed by atoms with E-state index in [2.05, 4.69) is 19.2 Å². The fourth-order valence-electron chi connectivity index (χ4n) is 1.27. The van der Waals surface area contributed by atoms with Crippen LogP contribution in [-0.2, 0) is 0 Å². The minimum atomic E-state index is 0.713. The molecule has 0 fully saturated rings. The van der Waals surface area contributed by atoms with Crippen LogP contribution < -0.4 is 10.1 Å². The Kier molecular flexibility index (Phi) is 3.47. The minimum absolute atomic E-state index is 0.713. The van der Waals surface area contributed by atoms with Crippen molar-refractivity contribution in [2.75, 3.05) is 14.2 Å². The van der Waals surface area contributed by atoms with Crippen molar-refractivity contribution in [2.24, 2.45) is 0 Å². The SMILES string of the molecule is CNC(=S)c1cc(C)c(C)cc1OC. The molecule has 0 atom stereocenters. The van der Waals surface area contributed by atoms with Crippen LogP contribution in [0, 0.1) is 13.8 Å². The molecule has 1 aromatic carbocycles. The Labute approximate surface area is 90.3 Å². The summed E-state index contributed by atoms with van der Waals surface area (Å²) in [5.74, 6) is 0.826. The van der Waals surface area contributed by atoms with E-state index in [0.29, 0.717) is 4.99 Å². The predicted molar refractivity (Wildman–Crippen MR) is 63.2 cm³/mol. The van der Waals surface area contributed by atoms with Gasteiger partial charge in [0.1, 0.15) is 10.7 Å². The summed E-state index contributed by atoms with van der Waals surface area (Å²) in [6.45, 7) is 4.13. The molecule has 1 aromatic rings. The number of ether oxygens (including phenoxy) is 1. The number of methoxy groups -OCH3 is 1. The highest BCUT2D eigenvalue weighted by molar-refractivity contribution is 7.80. The van der Waals surface area contributed by atoms with Crippen LogP contribution in [0.5, 0.6) is 5.75 Å². The van der Waals surface area contributed by atoms with Gasteiger partial charge in [-0.25, -0.2) is 0 Å². The van der Waals surface area contributed by atoms with Crippen LogP contribution in [0.25, 0.3) is 0 Å². The van der Waals surface area contributed by atoms with E-state index >= 15 is 0 Å². The normalized spacial score (nSPS) is 9.71. The third-order valence-electron chi connectivity index (χ3n) is 2.29. The number of nitrogens with one attached hydrogen (secondary N) is 1. The smallest absolute Gasteiger partial charge is 0.129 e. The summed E-state index contributed by atoms with van der Waals surface area (Å²) in [6.07, 6.45) is 0. The van der Waals surface area contributed by atoms with Gasteiger partial charge in [-0.2, -0.15) is 0 Å². The summed E-state index contributed by atoms with van der Waals surface area (Å²) >= 11 is 5.19. The van der Waals surface area contributed by atoms with Gasteiger partial charge < -0.3 is 10.1 Å². The fourth-order valence-corrected chi connectivity index (χ4v) is 1.43. The highest BCUT2D eigenvalue weighted by Gasteiger charge is 2.08. The molecular formula is C11H15NOS. The third-order valence-corrected chi connectivity index (χ3v) is 2.71. The van der Waals surface area contributed by atoms with Gasteiger partial charge in [0, 0.05) is 7.05 Å². The van der Waals surface area contributed by atoms with E-state index in [1.165, 1.54) is 11.1 Å². The fraction of sp³-hybridized carbons (Fsp3) is 0.364. The molecule has 0 amide bonds. The maximum atomic E-state index is 5.28. The van der Waals surface area contributed by atoms with Gasteiger partial charge in [-0.1, -0.05) is 12.2 Å². The molecule has 0 unspecified atom stereocenters. The summed E-state index contributed by atoms with van der Waals surface area (Å²) in [5, 5.41) is 2.95. The topological polar surface area (TPSA) is 21.3 Å². The highest BCUT2D eigenvalue weighted by atomic mass is 32.1. The summed E-state index contributed by atoms with van der Waals surface area (Å²) in [4.78, 5) is 0.713. The number of aryl methyl sites for hydroxylation is 2. The number of hydrogen-bond acceptors (Lipinski definition) is 2. The Morgan fingerprint density at radius 3 is 2.36 bits per heavy atom. The van der Waals surface area contributed by atoms with Crippen LogP contribution in [-0.4, -0.2) is 19.1 Å². The molecule has 0 bridgehead atoms. The van der Waals surface area contributed by atoms with Gasteiger partial charge >= 0.3 is 0 Å². The Balaban J connectivity index is 3.27. The van der Waals surface area contributed by atoms with Crippen LogP contribution in [0.15, 0.2) is 12.1 Å². The molecular weight excluding hydrogens is 194 g/mol. The molecule has 0 aliphatic rings. The van der Waals surface area contributed by atoms with Crippen LogP contribution in [0.1, 0.15) is 16.7 Å². The average molecular weight is 209 g/mol. The van der Waals surface area contributed by atoms with Gasteiger partial charge in [0.25, 0.3) is 0 Å². The lowest BCUT2D eigenvalue weighted by Gasteiger charge is -2.12. The van der Waals surface area contributed by atoms with Crippen LogP contribution in [0.3, 0.4) is 0 Å². The van der Waals surface area contributed by atoms with Crippen molar-refractivity contribution >= 4 is 17.2 Å². The summed E-state index contributed by atoms with van der Waals surface area (Å²) in [7, 11) is 3.48. The first kappa shape index (κ1) is 11.0. The maximum Gasteiger partial charge on any atom is 0.129 e. The summed E-state index contributed by atoms with van der Waals surface area (Å²) in [5.41, 5.74) is 3.39. The Morgan fingerprint density at radius 2 is 1.86 bits per heavy atom. The number of thiocarbonyl (C=S) groups is 1. The first-order chi connectivity index (χ1) is 6.60. The maximum absolute atomic E-state index is 5.28. The van der Waals surface area contributed by atoms with E-state index in [1.807, 2.05) is 19.2 Å². The van der Waals surface area contributed by atoms with Gasteiger partial charge in [-0.15, -0.1) is 0 Å². The van der Waals surface area contributed by atoms with Gasteiger partial charge in [0.05, 0.1) is 12.7 Å². The zero-order valence-electron chi connectivity index (χ0n) is 8.97. The second-order valence-electron chi connectivity index (χ2n) is 3.22. The van der Waals surface area contributed by atoms with Gasteiger partial charge in [0.15, 0.2) is 0 Å². The minimum Gasteiger partial charge on any atom is -0.496 e. The predicted octanol–water partition coefficient (Wildman–Crippen LogP) is 2.21. The van der Waals surface area contributed by atoms with E-state index in [9.17, 15) is 0 Å². The van der Waals surface area contributed by atoms with Crippen LogP contribution in [0.4, 0.5) is 0 Å². The van der Waals surface area contributed by atoms with E-state index in [1.54, 1.807) is 7.11 Å². The van der Waals surface area contributed by atoms with E-state index in [4.69, 9.17) is 17.0 Å². The molecule has 0 aliphatic heterocycles. The molecule has 0 heterocycles. The largest absolute Gasteiger partial charge is 0.496 e. The Morgan fingerprint density at radius 1 is 1.29 bits per heavy atom. The highest BCUT2D eigenvalue weighted by Crippen LogP contribution is 2.23. The second kappa shape index (κ2) is 4.42. The van der Waals surface area contributed by atoms with E-state index < -0.39 is 0 Å². The van der Waals surface area contributed by atoms with Crippen molar-refractivity contribution in [3.63, 3.8) is 0 Å². The third kappa shape index (κ3) is 2.04.